The molecule has 0 aromatic heterocycles. The van der Waals surface area contributed by atoms with Crippen LogP contribution >= 0.6 is 0 Å². The molecule has 5 rings (SSSR count). The van der Waals surface area contributed by atoms with Gasteiger partial charge in [-0.15, -0.1) is 0 Å². The number of hydrogen-bond donors (Lipinski definition) is 0. The van der Waals surface area contributed by atoms with Gasteiger partial charge in [0.25, 0.3) is 0 Å². The maximum absolute atomic E-state index is 2.51. The lowest BCUT2D eigenvalue weighted by Gasteiger charge is -2.25. The molecular formula is C28H28. The molecule has 1 fully saturated rings. The first-order chi connectivity index (χ1) is 13.7. The lowest BCUT2D eigenvalue weighted by atomic mass is 9.80. The van der Waals surface area contributed by atoms with Crippen LogP contribution in [-0.2, 0) is 6.42 Å². The molecule has 0 aliphatic heterocycles. The Balaban J connectivity index is 1.60. The van der Waals surface area contributed by atoms with E-state index in [1.165, 1.54) is 70.2 Å². The molecule has 3 aromatic carbocycles. The average molecular weight is 365 g/mol. The number of fused-ring (bicyclic) bond motifs is 1. The van der Waals surface area contributed by atoms with Crippen molar-refractivity contribution in [3.63, 3.8) is 0 Å². The summed E-state index contributed by atoms with van der Waals surface area (Å²) < 4.78 is 0. The van der Waals surface area contributed by atoms with Crippen molar-refractivity contribution in [1.82, 2.24) is 0 Å². The van der Waals surface area contributed by atoms with Crippen molar-refractivity contribution in [3.8, 4) is 22.3 Å². The summed E-state index contributed by atoms with van der Waals surface area (Å²) in [6, 6.07) is 22.7. The molecule has 0 bridgehead atoms. The van der Waals surface area contributed by atoms with Gasteiger partial charge in [0.2, 0.25) is 0 Å². The second-order valence-corrected chi connectivity index (χ2v) is 8.77. The van der Waals surface area contributed by atoms with Crippen molar-refractivity contribution < 1.29 is 0 Å². The minimum Gasteiger partial charge on any atom is -0.0649 e. The van der Waals surface area contributed by atoms with Crippen molar-refractivity contribution in [3.05, 3.63) is 88.5 Å². The van der Waals surface area contributed by atoms with Gasteiger partial charge in [-0.1, -0.05) is 103 Å². The van der Waals surface area contributed by atoms with Crippen LogP contribution in [0.15, 0.2) is 66.2 Å². The highest BCUT2D eigenvalue weighted by Crippen LogP contribution is 2.43. The lowest BCUT2D eigenvalue weighted by molar-refractivity contribution is 0.313. The fraction of sp³-hybridized carbons (Fsp3) is 0.286. The van der Waals surface area contributed by atoms with E-state index < -0.39 is 0 Å². The number of benzene rings is 3. The van der Waals surface area contributed by atoms with E-state index >= 15 is 0 Å². The largest absolute Gasteiger partial charge is 0.0649 e. The van der Waals surface area contributed by atoms with E-state index in [-0.39, 0.29) is 0 Å². The summed E-state index contributed by atoms with van der Waals surface area (Å²) in [5.74, 6) is 0.922. The minimum absolute atomic E-state index is 0.922. The van der Waals surface area contributed by atoms with Gasteiger partial charge in [-0.25, -0.2) is 0 Å². The molecule has 0 saturated heterocycles. The van der Waals surface area contributed by atoms with Gasteiger partial charge in [0.05, 0.1) is 0 Å². The molecule has 0 heteroatoms. The number of allylic oxidation sites excluding steroid dienone is 1. The molecule has 2 aliphatic rings. The van der Waals surface area contributed by atoms with Crippen molar-refractivity contribution in [1.29, 1.82) is 0 Å². The van der Waals surface area contributed by atoms with Gasteiger partial charge >= 0.3 is 0 Å². The first-order valence-corrected chi connectivity index (χ1v) is 10.7. The fourth-order valence-corrected chi connectivity index (χ4v) is 4.69. The molecule has 3 aromatic rings. The number of hydrogen-bond acceptors (Lipinski definition) is 0. The summed E-state index contributed by atoms with van der Waals surface area (Å²) >= 11 is 0. The van der Waals surface area contributed by atoms with Crippen molar-refractivity contribution in [2.24, 2.45) is 5.92 Å². The first kappa shape index (κ1) is 17.5. The highest BCUT2D eigenvalue weighted by molar-refractivity contribution is 5.87. The molecule has 0 heterocycles. The van der Waals surface area contributed by atoms with Crippen LogP contribution in [-0.4, -0.2) is 0 Å². The third-order valence-electron chi connectivity index (χ3n) is 6.61. The molecular weight excluding hydrogens is 336 g/mol. The molecule has 28 heavy (non-hydrogen) atoms. The Morgan fingerprint density at radius 3 is 1.86 bits per heavy atom. The van der Waals surface area contributed by atoms with Gasteiger partial charge in [-0.3, -0.25) is 0 Å². The average Bonchev–Trinajstić information content (AvgIpc) is 3.09. The molecule has 2 aliphatic carbocycles. The molecule has 0 nitrogen and oxygen atoms in total. The van der Waals surface area contributed by atoms with E-state index in [1.54, 1.807) is 5.57 Å². The van der Waals surface area contributed by atoms with Crippen LogP contribution in [0.2, 0.25) is 0 Å². The van der Waals surface area contributed by atoms with Crippen LogP contribution < -0.4 is 0 Å². The summed E-state index contributed by atoms with van der Waals surface area (Å²) in [5.41, 5.74) is 12.7. The fourth-order valence-electron chi connectivity index (χ4n) is 4.69. The molecule has 140 valence electrons. The lowest BCUT2D eigenvalue weighted by Crippen LogP contribution is -2.11. The zero-order chi connectivity index (χ0) is 19.1. The maximum atomic E-state index is 2.51. The third kappa shape index (κ3) is 3.22. The van der Waals surface area contributed by atoms with Crippen LogP contribution in [0.5, 0.6) is 0 Å². The second kappa shape index (κ2) is 7.09. The quantitative estimate of drug-likeness (QED) is 0.443. The van der Waals surface area contributed by atoms with Gasteiger partial charge in [0.15, 0.2) is 0 Å². The Hall–Kier alpha value is -2.60. The predicted molar refractivity (Wildman–Crippen MR) is 120 cm³/mol. The third-order valence-corrected chi connectivity index (χ3v) is 6.61. The Morgan fingerprint density at radius 1 is 0.714 bits per heavy atom. The van der Waals surface area contributed by atoms with Crippen molar-refractivity contribution >= 4 is 6.08 Å². The van der Waals surface area contributed by atoms with E-state index in [2.05, 4.69) is 80.6 Å². The Bertz CT molecular complexity index is 1030. The van der Waals surface area contributed by atoms with E-state index in [0.29, 0.717) is 0 Å². The van der Waals surface area contributed by atoms with E-state index in [1.807, 2.05) is 0 Å². The summed E-state index contributed by atoms with van der Waals surface area (Å²) in [7, 11) is 0. The summed E-state index contributed by atoms with van der Waals surface area (Å²) in [6.07, 6.45) is 9.19. The standard InChI is InChI=1S/C28H28/c1-19-6-10-23(11-7-19)25-14-15-26(24-12-8-20(2)9-13-24)28-18-22(17-27(25)28)16-21-4-3-5-21/h6-15,17,21H,3-5,16,18H2,1-2H3. The highest BCUT2D eigenvalue weighted by Gasteiger charge is 2.25. The topological polar surface area (TPSA) is 0 Å². The van der Waals surface area contributed by atoms with Crippen LogP contribution in [0.3, 0.4) is 0 Å². The zero-order valence-corrected chi connectivity index (χ0v) is 17.0. The summed E-state index contributed by atoms with van der Waals surface area (Å²) in [6.45, 7) is 4.32. The van der Waals surface area contributed by atoms with E-state index in [4.69, 9.17) is 0 Å². The van der Waals surface area contributed by atoms with Gasteiger partial charge in [0, 0.05) is 0 Å². The molecule has 0 amide bonds. The second-order valence-electron chi connectivity index (χ2n) is 8.77. The van der Waals surface area contributed by atoms with Crippen LogP contribution in [0, 0.1) is 19.8 Å². The molecule has 0 unspecified atom stereocenters. The van der Waals surface area contributed by atoms with E-state index in [9.17, 15) is 0 Å². The molecule has 0 N–H and O–H groups in total. The Labute approximate surface area is 168 Å². The highest BCUT2D eigenvalue weighted by atomic mass is 14.3. The predicted octanol–water partition coefficient (Wildman–Crippen LogP) is 7.77. The van der Waals surface area contributed by atoms with Crippen LogP contribution in [0.4, 0.5) is 0 Å². The smallest absolute Gasteiger partial charge is 0.00513 e. The van der Waals surface area contributed by atoms with Gasteiger partial charge in [-0.05, 0) is 66.0 Å². The number of aryl methyl sites for hydroxylation is 2. The van der Waals surface area contributed by atoms with Crippen LogP contribution in [0.1, 0.15) is 47.9 Å². The summed E-state index contributed by atoms with van der Waals surface area (Å²) in [5, 5.41) is 0. The monoisotopic (exact) mass is 364 g/mol. The normalized spacial score (nSPS) is 15.9. The molecule has 0 atom stereocenters. The Kier molecular flexibility index (Phi) is 4.43. The molecule has 0 spiro atoms. The number of rotatable bonds is 4. The van der Waals surface area contributed by atoms with Crippen molar-refractivity contribution in [2.75, 3.05) is 0 Å². The zero-order valence-electron chi connectivity index (χ0n) is 17.0. The van der Waals surface area contributed by atoms with Gasteiger partial charge in [-0.2, -0.15) is 0 Å². The molecule has 0 radical (unpaired) electrons. The van der Waals surface area contributed by atoms with Crippen molar-refractivity contribution in [2.45, 2.75) is 46.0 Å². The molecule has 1 saturated carbocycles. The summed E-state index contributed by atoms with van der Waals surface area (Å²) in [4.78, 5) is 0. The first-order valence-electron chi connectivity index (χ1n) is 10.7. The van der Waals surface area contributed by atoms with Gasteiger partial charge < -0.3 is 0 Å². The Morgan fingerprint density at radius 2 is 1.29 bits per heavy atom. The SMILES string of the molecule is Cc1ccc(-c2ccc(-c3ccc(C)cc3)c3c2C=C(CC2CCC2)C3)cc1. The van der Waals surface area contributed by atoms with Gasteiger partial charge in [0.1, 0.15) is 0 Å². The van der Waals surface area contributed by atoms with Crippen LogP contribution in [0.25, 0.3) is 28.3 Å². The van der Waals surface area contributed by atoms with E-state index in [0.717, 1.165) is 12.3 Å². The minimum atomic E-state index is 0.922. The maximum Gasteiger partial charge on any atom is -0.00513 e.